The van der Waals surface area contributed by atoms with E-state index in [0.29, 0.717) is 23.5 Å². The molecule has 1 aliphatic carbocycles. The molecule has 0 N–H and O–H groups in total. The van der Waals surface area contributed by atoms with Crippen LogP contribution in [0.3, 0.4) is 0 Å². The average molecular weight is 214 g/mol. The van der Waals surface area contributed by atoms with Gasteiger partial charge in [0, 0.05) is 17.5 Å². The van der Waals surface area contributed by atoms with Gasteiger partial charge in [-0.3, -0.25) is 0 Å². The molecule has 0 amide bonds. The van der Waals surface area contributed by atoms with E-state index >= 15 is 0 Å². The molecule has 0 saturated carbocycles. The Labute approximate surface area is 86.8 Å². The molecule has 0 radical (unpaired) electrons. The van der Waals surface area contributed by atoms with Crippen molar-refractivity contribution in [2.75, 3.05) is 14.2 Å². The summed E-state index contributed by atoms with van der Waals surface area (Å²) >= 11 is 0. The Balaban J connectivity index is 2.59. The lowest BCUT2D eigenvalue weighted by molar-refractivity contribution is -0.00187. The molecular formula is C11H12F2O2. The van der Waals surface area contributed by atoms with Crippen molar-refractivity contribution < 1.29 is 18.3 Å². The van der Waals surface area contributed by atoms with E-state index in [0.717, 1.165) is 0 Å². The first-order chi connectivity index (χ1) is 7.10. The van der Waals surface area contributed by atoms with Gasteiger partial charge in [0.05, 0.1) is 14.2 Å². The Morgan fingerprint density at radius 1 is 1.20 bits per heavy atom. The number of methoxy groups -OCH3 is 2. The Bertz CT molecular complexity index is 388. The van der Waals surface area contributed by atoms with Crippen molar-refractivity contribution in [2.45, 2.75) is 18.8 Å². The van der Waals surface area contributed by atoms with E-state index < -0.39 is 5.92 Å². The van der Waals surface area contributed by atoms with Crippen molar-refractivity contribution in [3.05, 3.63) is 23.3 Å². The van der Waals surface area contributed by atoms with Crippen LogP contribution >= 0.6 is 0 Å². The molecule has 4 heteroatoms. The molecule has 15 heavy (non-hydrogen) atoms. The number of rotatable bonds is 2. The number of alkyl halides is 2. The van der Waals surface area contributed by atoms with Crippen molar-refractivity contribution in [2.24, 2.45) is 0 Å². The van der Waals surface area contributed by atoms with E-state index in [4.69, 9.17) is 9.47 Å². The number of hydrogen-bond acceptors (Lipinski definition) is 2. The molecule has 1 aromatic rings. The molecule has 1 aliphatic rings. The predicted molar refractivity (Wildman–Crippen MR) is 51.8 cm³/mol. The van der Waals surface area contributed by atoms with Crippen molar-refractivity contribution >= 4 is 0 Å². The zero-order chi connectivity index (χ0) is 11.1. The lowest BCUT2D eigenvalue weighted by atomic mass is 10.1. The predicted octanol–water partition coefficient (Wildman–Crippen LogP) is 2.74. The van der Waals surface area contributed by atoms with E-state index in [-0.39, 0.29) is 12.0 Å². The third-order valence-corrected chi connectivity index (χ3v) is 2.73. The highest BCUT2D eigenvalue weighted by atomic mass is 19.3. The standard InChI is InChI=1S/C11H12F2O2/c1-14-9-4-3-8-7(10(9)15-2)5-6-11(8,12)13/h3-4H,5-6H2,1-2H3. The van der Waals surface area contributed by atoms with Gasteiger partial charge in [-0.15, -0.1) is 0 Å². The summed E-state index contributed by atoms with van der Waals surface area (Å²) in [6, 6.07) is 2.95. The summed E-state index contributed by atoms with van der Waals surface area (Å²) in [7, 11) is 2.96. The topological polar surface area (TPSA) is 18.5 Å². The lowest BCUT2D eigenvalue weighted by Crippen LogP contribution is -2.07. The zero-order valence-electron chi connectivity index (χ0n) is 8.64. The number of benzene rings is 1. The smallest absolute Gasteiger partial charge is 0.273 e. The maximum Gasteiger partial charge on any atom is 0.273 e. The third kappa shape index (κ3) is 1.44. The van der Waals surface area contributed by atoms with Gasteiger partial charge < -0.3 is 9.47 Å². The molecule has 1 aromatic carbocycles. The van der Waals surface area contributed by atoms with Gasteiger partial charge in [0.25, 0.3) is 5.92 Å². The van der Waals surface area contributed by atoms with Crippen LogP contribution in [0.4, 0.5) is 8.78 Å². The summed E-state index contributed by atoms with van der Waals surface area (Å²) in [5.74, 6) is -1.78. The fourth-order valence-electron chi connectivity index (χ4n) is 2.00. The van der Waals surface area contributed by atoms with E-state index in [1.807, 2.05) is 0 Å². The number of ether oxygens (including phenoxy) is 2. The average Bonchev–Trinajstić information content (AvgIpc) is 2.53. The van der Waals surface area contributed by atoms with Gasteiger partial charge >= 0.3 is 0 Å². The van der Waals surface area contributed by atoms with E-state index in [9.17, 15) is 8.78 Å². The molecule has 0 atom stereocenters. The summed E-state index contributed by atoms with van der Waals surface area (Å²) in [5, 5.41) is 0. The maximum atomic E-state index is 13.4. The van der Waals surface area contributed by atoms with Gasteiger partial charge in [-0.1, -0.05) is 0 Å². The SMILES string of the molecule is COc1ccc2c(c1OC)CCC2(F)F. The molecule has 0 aliphatic heterocycles. The molecule has 0 aromatic heterocycles. The summed E-state index contributed by atoms with van der Waals surface area (Å²) < 4.78 is 37.0. The molecule has 0 fully saturated rings. The van der Waals surface area contributed by atoms with E-state index in [1.165, 1.54) is 26.4 Å². The summed E-state index contributed by atoms with van der Waals surface area (Å²) in [5.41, 5.74) is 0.641. The van der Waals surface area contributed by atoms with Crippen molar-refractivity contribution in [1.82, 2.24) is 0 Å². The molecule has 0 spiro atoms. The van der Waals surface area contributed by atoms with Crippen molar-refractivity contribution in [3.63, 3.8) is 0 Å². The minimum atomic E-state index is -2.73. The Morgan fingerprint density at radius 3 is 2.53 bits per heavy atom. The highest BCUT2D eigenvalue weighted by Gasteiger charge is 2.41. The maximum absolute atomic E-state index is 13.4. The minimum Gasteiger partial charge on any atom is -0.493 e. The molecule has 82 valence electrons. The fraction of sp³-hybridized carbons (Fsp3) is 0.455. The second kappa shape index (κ2) is 3.36. The van der Waals surface area contributed by atoms with Crippen LogP contribution in [0, 0.1) is 0 Å². The van der Waals surface area contributed by atoms with Crippen LogP contribution in [-0.2, 0) is 12.3 Å². The quantitative estimate of drug-likeness (QED) is 0.753. The lowest BCUT2D eigenvalue weighted by Gasteiger charge is -2.14. The molecule has 0 saturated heterocycles. The van der Waals surface area contributed by atoms with Crippen molar-refractivity contribution in [1.29, 1.82) is 0 Å². The van der Waals surface area contributed by atoms with E-state index in [1.54, 1.807) is 0 Å². The first-order valence-corrected chi connectivity index (χ1v) is 4.72. The number of fused-ring (bicyclic) bond motifs is 1. The number of hydrogen-bond donors (Lipinski definition) is 0. The largest absolute Gasteiger partial charge is 0.493 e. The van der Waals surface area contributed by atoms with Gasteiger partial charge in [-0.25, -0.2) is 8.78 Å². The van der Waals surface area contributed by atoms with E-state index in [2.05, 4.69) is 0 Å². The highest BCUT2D eigenvalue weighted by molar-refractivity contribution is 5.54. The normalized spacial score (nSPS) is 17.3. The van der Waals surface area contributed by atoms with Crippen LogP contribution in [0.25, 0.3) is 0 Å². The Morgan fingerprint density at radius 2 is 1.93 bits per heavy atom. The molecule has 0 heterocycles. The zero-order valence-corrected chi connectivity index (χ0v) is 8.64. The molecule has 2 rings (SSSR count). The van der Waals surface area contributed by atoms with Crippen LogP contribution in [-0.4, -0.2) is 14.2 Å². The second-order valence-electron chi connectivity index (χ2n) is 3.53. The van der Waals surface area contributed by atoms with Gasteiger partial charge in [0.15, 0.2) is 11.5 Å². The first kappa shape index (κ1) is 10.2. The van der Waals surface area contributed by atoms with Crippen LogP contribution in [0.5, 0.6) is 11.5 Å². The van der Waals surface area contributed by atoms with Gasteiger partial charge in [-0.05, 0) is 18.6 Å². The Kier molecular flexibility index (Phi) is 2.29. The van der Waals surface area contributed by atoms with Gasteiger partial charge in [0.1, 0.15) is 0 Å². The molecule has 0 bridgehead atoms. The highest BCUT2D eigenvalue weighted by Crippen LogP contribution is 2.47. The summed E-state index contributed by atoms with van der Waals surface area (Å²) in [6.45, 7) is 0. The Hall–Kier alpha value is -1.32. The summed E-state index contributed by atoms with van der Waals surface area (Å²) in [6.07, 6.45) is 0.189. The van der Waals surface area contributed by atoms with Crippen LogP contribution in [0.1, 0.15) is 17.5 Å². The van der Waals surface area contributed by atoms with Crippen molar-refractivity contribution in [3.8, 4) is 11.5 Å². The fourth-order valence-corrected chi connectivity index (χ4v) is 2.00. The minimum absolute atomic E-state index is 0.0696. The van der Waals surface area contributed by atoms with Crippen LogP contribution < -0.4 is 9.47 Å². The van der Waals surface area contributed by atoms with Crippen LogP contribution in [0.2, 0.25) is 0 Å². The number of halogens is 2. The van der Waals surface area contributed by atoms with Gasteiger partial charge in [-0.2, -0.15) is 0 Å². The molecule has 0 unspecified atom stereocenters. The monoisotopic (exact) mass is 214 g/mol. The summed E-state index contributed by atoms with van der Waals surface area (Å²) in [4.78, 5) is 0. The first-order valence-electron chi connectivity index (χ1n) is 4.72. The second-order valence-corrected chi connectivity index (χ2v) is 3.53. The molecule has 2 nitrogen and oxygen atoms in total. The third-order valence-electron chi connectivity index (χ3n) is 2.73. The van der Waals surface area contributed by atoms with Gasteiger partial charge in [0.2, 0.25) is 0 Å². The molecular weight excluding hydrogens is 202 g/mol. The van der Waals surface area contributed by atoms with Crippen LogP contribution in [0.15, 0.2) is 12.1 Å².